The molecule has 0 amide bonds. The molecule has 1 N–H and O–H groups in total. The van der Waals surface area contributed by atoms with Crippen LogP contribution in [0.15, 0.2) is 30.5 Å². The lowest BCUT2D eigenvalue weighted by molar-refractivity contribution is 0.587. The van der Waals surface area contributed by atoms with Gasteiger partial charge in [-0.2, -0.15) is 5.10 Å². The van der Waals surface area contributed by atoms with Gasteiger partial charge in [0.1, 0.15) is 0 Å². The monoisotopic (exact) mass is 271 g/mol. The summed E-state index contributed by atoms with van der Waals surface area (Å²) in [6, 6.07) is 9.00. The van der Waals surface area contributed by atoms with Crippen LogP contribution in [0.2, 0.25) is 0 Å². The Bertz CT molecular complexity index is 567. The van der Waals surface area contributed by atoms with Crippen molar-refractivity contribution in [1.82, 2.24) is 15.1 Å². The molecule has 0 aliphatic rings. The predicted molar refractivity (Wildman–Crippen MR) is 84.4 cm³/mol. The number of para-hydroxylation sites is 1. The van der Waals surface area contributed by atoms with Gasteiger partial charge in [0.15, 0.2) is 0 Å². The maximum absolute atomic E-state index is 4.58. The topological polar surface area (TPSA) is 29.9 Å². The Morgan fingerprint density at radius 2 is 1.85 bits per heavy atom. The maximum Gasteiger partial charge on any atom is 0.0683 e. The molecule has 0 atom stereocenters. The molecule has 1 aromatic carbocycles. The summed E-state index contributed by atoms with van der Waals surface area (Å²) in [5.41, 5.74) is 5.00. The van der Waals surface area contributed by atoms with Crippen molar-refractivity contribution in [3.63, 3.8) is 0 Å². The molecular weight excluding hydrogens is 246 g/mol. The summed E-state index contributed by atoms with van der Waals surface area (Å²) in [5.74, 6) is 0.493. The highest BCUT2D eigenvalue weighted by molar-refractivity contribution is 5.44. The van der Waals surface area contributed by atoms with E-state index in [4.69, 9.17) is 0 Å². The molecule has 1 aromatic heterocycles. The van der Waals surface area contributed by atoms with Crippen LogP contribution < -0.4 is 5.32 Å². The highest BCUT2D eigenvalue weighted by atomic mass is 15.3. The van der Waals surface area contributed by atoms with Crippen molar-refractivity contribution in [2.24, 2.45) is 0 Å². The fourth-order valence-electron chi connectivity index (χ4n) is 2.34. The van der Waals surface area contributed by atoms with E-state index < -0.39 is 0 Å². The van der Waals surface area contributed by atoms with E-state index in [1.165, 1.54) is 22.5 Å². The quantitative estimate of drug-likeness (QED) is 0.896. The zero-order valence-corrected chi connectivity index (χ0v) is 13.1. The zero-order valence-electron chi connectivity index (χ0n) is 13.1. The van der Waals surface area contributed by atoms with Crippen molar-refractivity contribution < 1.29 is 0 Å². The number of hydrogen-bond donors (Lipinski definition) is 1. The molecular formula is C17H25N3. The van der Waals surface area contributed by atoms with Gasteiger partial charge in [0.25, 0.3) is 0 Å². The first kappa shape index (κ1) is 14.8. The molecule has 0 aliphatic carbocycles. The Balaban J connectivity index is 2.35. The van der Waals surface area contributed by atoms with Gasteiger partial charge >= 0.3 is 0 Å². The average Bonchev–Trinajstić information content (AvgIpc) is 2.77. The smallest absolute Gasteiger partial charge is 0.0683 e. The van der Waals surface area contributed by atoms with Gasteiger partial charge in [0.2, 0.25) is 0 Å². The van der Waals surface area contributed by atoms with Crippen molar-refractivity contribution >= 4 is 0 Å². The third-order valence-electron chi connectivity index (χ3n) is 3.60. The van der Waals surface area contributed by atoms with Gasteiger partial charge in [0, 0.05) is 23.8 Å². The van der Waals surface area contributed by atoms with E-state index >= 15 is 0 Å². The number of nitrogens with one attached hydrogen (secondary N) is 1. The highest BCUT2D eigenvalue weighted by Gasteiger charge is 2.12. The normalized spacial score (nSPS) is 11.6. The second kappa shape index (κ2) is 6.23. The number of benzene rings is 1. The number of nitrogens with zero attached hydrogens (tertiary/aromatic N) is 2. The first-order valence-corrected chi connectivity index (χ1v) is 7.37. The molecule has 0 saturated carbocycles. The fraction of sp³-hybridized carbons (Fsp3) is 0.471. The molecule has 0 fully saturated rings. The summed E-state index contributed by atoms with van der Waals surface area (Å²) >= 11 is 0. The lowest BCUT2D eigenvalue weighted by Crippen LogP contribution is -2.22. The van der Waals surface area contributed by atoms with E-state index in [0.29, 0.717) is 12.0 Å². The van der Waals surface area contributed by atoms with E-state index in [9.17, 15) is 0 Å². The van der Waals surface area contributed by atoms with Crippen molar-refractivity contribution in [3.8, 4) is 5.69 Å². The lowest BCUT2D eigenvalue weighted by atomic mass is 10.0. The molecule has 0 aliphatic heterocycles. The van der Waals surface area contributed by atoms with Crippen LogP contribution >= 0.6 is 0 Å². The van der Waals surface area contributed by atoms with Crippen molar-refractivity contribution in [1.29, 1.82) is 0 Å². The molecule has 20 heavy (non-hydrogen) atoms. The molecule has 0 bridgehead atoms. The van der Waals surface area contributed by atoms with E-state index in [1.54, 1.807) is 0 Å². The molecule has 2 rings (SSSR count). The van der Waals surface area contributed by atoms with Crippen LogP contribution in [0.1, 0.15) is 50.4 Å². The summed E-state index contributed by atoms with van der Waals surface area (Å²) < 4.78 is 2.06. The molecule has 0 saturated heterocycles. The average molecular weight is 271 g/mol. The van der Waals surface area contributed by atoms with Crippen LogP contribution in [-0.4, -0.2) is 15.8 Å². The Morgan fingerprint density at radius 3 is 2.50 bits per heavy atom. The summed E-state index contributed by atoms with van der Waals surface area (Å²) in [4.78, 5) is 0. The van der Waals surface area contributed by atoms with Crippen LogP contribution in [0, 0.1) is 6.92 Å². The minimum absolute atomic E-state index is 0.487. The van der Waals surface area contributed by atoms with Crippen LogP contribution in [0.5, 0.6) is 0 Å². The Labute approximate surface area is 122 Å². The molecule has 0 unspecified atom stereocenters. The Kier molecular flexibility index (Phi) is 4.61. The van der Waals surface area contributed by atoms with Crippen LogP contribution in [-0.2, 0) is 6.54 Å². The van der Waals surface area contributed by atoms with Gasteiger partial charge in [-0.3, -0.25) is 0 Å². The SMILES string of the molecule is Cc1c(CNC(C)C)cnn1-c1ccccc1C(C)C. The van der Waals surface area contributed by atoms with Gasteiger partial charge in [-0.05, 0) is 24.5 Å². The van der Waals surface area contributed by atoms with Gasteiger partial charge in [-0.15, -0.1) is 0 Å². The molecule has 2 aromatic rings. The Morgan fingerprint density at radius 1 is 1.15 bits per heavy atom. The van der Waals surface area contributed by atoms with Crippen molar-refractivity contribution in [3.05, 3.63) is 47.3 Å². The first-order valence-electron chi connectivity index (χ1n) is 7.37. The molecule has 3 nitrogen and oxygen atoms in total. The third-order valence-corrected chi connectivity index (χ3v) is 3.60. The van der Waals surface area contributed by atoms with E-state index in [2.05, 4.69) is 74.0 Å². The summed E-state index contributed by atoms with van der Waals surface area (Å²) in [7, 11) is 0. The molecule has 108 valence electrons. The summed E-state index contributed by atoms with van der Waals surface area (Å²) in [6.07, 6.45) is 1.97. The second-order valence-electron chi connectivity index (χ2n) is 5.92. The standard InChI is InChI=1S/C17H25N3/c1-12(2)16-8-6-7-9-17(16)20-14(5)15(11-19-20)10-18-13(3)4/h6-9,11-13,18H,10H2,1-5H3. The first-order chi connectivity index (χ1) is 9.50. The maximum atomic E-state index is 4.58. The molecule has 0 spiro atoms. The summed E-state index contributed by atoms with van der Waals surface area (Å²) in [6.45, 7) is 11.8. The van der Waals surface area contributed by atoms with Crippen molar-refractivity contribution in [2.45, 2.75) is 53.1 Å². The number of rotatable bonds is 5. The molecule has 3 heteroatoms. The van der Waals surface area contributed by atoms with Crippen LogP contribution in [0.25, 0.3) is 5.69 Å². The van der Waals surface area contributed by atoms with Gasteiger partial charge in [-0.1, -0.05) is 45.9 Å². The Hall–Kier alpha value is -1.61. The largest absolute Gasteiger partial charge is 0.310 e. The number of aromatic nitrogens is 2. The van der Waals surface area contributed by atoms with Gasteiger partial charge in [-0.25, -0.2) is 4.68 Å². The van der Waals surface area contributed by atoms with Gasteiger partial charge in [0.05, 0.1) is 11.9 Å². The van der Waals surface area contributed by atoms with Crippen molar-refractivity contribution in [2.75, 3.05) is 0 Å². The number of hydrogen-bond acceptors (Lipinski definition) is 2. The van der Waals surface area contributed by atoms with E-state index in [1.807, 2.05) is 6.20 Å². The lowest BCUT2D eigenvalue weighted by Gasteiger charge is -2.14. The summed E-state index contributed by atoms with van der Waals surface area (Å²) in [5, 5.41) is 8.04. The highest BCUT2D eigenvalue weighted by Crippen LogP contribution is 2.24. The van der Waals surface area contributed by atoms with Crippen LogP contribution in [0.3, 0.4) is 0 Å². The van der Waals surface area contributed by atoms with Gasteiger partial charge < -0.3 is 5.32 Å². The molecule has 0 radical (unpaired) electrons. The molecule has 1 heterocycles. The zero-order chi connectivity index (χ0) is 14.7. The van der Waals surface area contributed by atoms with Crippen LogP contribution in [0.4, 0.5) is 0 Å². The minimum Gasteiger partial charge on any atom is -0.310 e. The fourth-order valence-corrected chi connectivity index (χ4v) is 2.34. The predicted octanol–water partition coefficient (Wildman–Crippen LogP) is 3.80. The second-order valence-corrected chi connectivity index (χ2v) is 5.92. The minimum atomic E-state index is 0.487. The third kappa shape index (κ3) is 3.10. The van der Waals surface area contributed by atoms with E-state index in [-0.39, 0.29) is 0 Å². The van der Waals surface area contributed by atoms with E-state index in [0.717, 1.165) is 6.54 Å².